The minimum Gasteiger partial charge on any atom is -0.494 e. The highest BCUT2D eigenvalue weighted by Gasteiger charge is 2.14. The molecule has 1 aromatic heterocycles. The van der Waals surface area contributed by atoms with Crippen molar-refractivity contribution in [2.24, 2.45) is 0 Å². The summed E-state index contributed by atoms with van der Waals surface area (Å²) < 4.78 is 20.2. The van der Waals surface area contributed by atoms with E-state index >= 15 is 0 Å². The molecule has 0 aliphatic carbocycles. The zero-order chi connectivity index (χ0) is 17.8. The van der Waals surface area contributed by atoms with Crippen LogP contribution in [0.1, 0.15) is 28.9 Å². The molecule has 0 fully saturated rings. The van der Waals surface area contributed by atoms with E-state index in [0.29, 0.717) is 0 Å². The van der Waals surface area contributed by atoms with Crippen LogP contribution in [0.5, 0.6) is 5.75 Å². The quantitative estimate of drug-likeness (QED) is 0.775. The smallest absolute Gasteiger partial charge is 0.251 e. The second-order valence-corrected chi connectivity index (χ2v) is 5.48. The minimum absolute atomic E-state index is 0.105. The van der Waals surface area contributed by atoms with Gasteiger partial charge in [0.25, 0.3) is 5.91 Å². The zero-order valence-electron chi connectivity index (χ0n) is 13.8. The van der Waals surface area contributed by atoms with Crippen molar-refractivity contribution in [2.75, 3.05) is 7.11 Å². The summed E-state index contributed by atoms with van der Waals surface area (Å²) in [5.41, 5.74) is 2.03. The highest BCUT2D eigenvalue weighted by Crippen LogP contribution is 2.19. The molecule has 0 unspecified atom stereocenters. The molecule has 0 saturated carbocycles. The second kappa shape index (κ2) is 7.12. The van der Waals surface area contributed by atoms with Gasteiger partial charge < -0.3 is 10.1 Å². The fraction of sp³-hybridized carbons (Fsp3) is 0.167. The summed E-state index contributed by atoms with van der Waals surface area (Å²) in [6, 6.07) is 11.5. The summed E-state index contributed by atoms with van der Waals surface area (Å²) in [6.45, 7) is 1.86. The third-order valence-electron chi connectivity index (χ3n) is 3.84. The van der Waals surface area contributed by atoms with Gasteiger partial charge in [-0.3, -0.25) is 4.79 Å². The first-order valence-corrected chi connectivity index (χ1v) is 7.68. The van der Waals surface area contributed by atoms with Crippen molar-refractivity contribution in [1.82, 2.24) is 20.1 Å². The lowest BCUT2D eigenvalue weighted by Gasteiger charge is -2.15. The first-order valence-electron chi connectivity index (χ1n) is 7.68. The van der Waals surface area contributed by atoms with Gasteiger partial charge in [0.15, 0.2) is 11.6 Å². The van der Waals surface area contributed by atoms with Crippen LogP contribution in [0.15, 0.2) is 55.1 Å². The van der Waals surface area contributed by atoms with E-state index in [2.05, 4.69) is 15.4 Å². The van der Waals surface area contributed by atoms with Gasteiger partial charge in [0.1, 0.15) is 12.7 Å². The molecule has 0 spiro atoms. The van der Waals surface area contributed by atoms with Crippen LogP contribution in [0, 0.1) is 5.82 Å². The number of nitrogens with one attached hydrogen (secondary N) is 1. The average molecular weight is 340 g/mol. The van der Waals surface area contributed by atoms with Crippen LogP contribution in [0.3, 0.4) is 0 Å². The molecular weight excluding hydrogens is 323 g/mol. The highest BCUT2D eigenvalue weighted by atomic mass is 19.1. The van der Waals surface area contributed by atoms with Crippen molar-refractivity contribution in [3.05, 3.63) is 72.1 Å². The van der Waals surface area contributed by atoms with Crippen LogP contribution < -0.4 is 10.1 Å². The van der Waals surface area contributed by atoms with Gasteiger partial charge in [0.05, 0.1) is 18.8 Å². The molecule has 3 rings (SSSR count). The van der Waals surface area contributed by atoms with E-state index in [1.54, 1.807) is 11.0 Å². The SMILES string of the molecule is COc1ccc(C(=O)N[C@H](C)c2ccc(-n3cncn3)cc2)cc1F. The molecule has 0 radical (unpaired) electrons. The van der Waals surface area contributed by atoms with E-state index in [0.717, 1.165) is 17.3 Å². The molecule has 25 heavy (non-hydrogen) atoms. The van der Waals surface area contributed by atoms with Crippen LogP contribution in [0.4, 0.5) is 4.39 Å². The number of benzene rings is 2. The Balaban J connectivity index is 1.70. The third kappa shape index (κ3) is 3.65. The number of nitrogens with zero attached hydrogens (tertiary/aromatic N) is 3. The van der Waals surface area contributed by atoms with Crippen molar-refractivity contribution in [2.45, 2.75) is 13.0 Å². The number of aromatic nitrogens is 3. The summed E-state index contributed by atoms with van der Waals surface area (Å²) in [4.78, 5) is 16.2. The molecule has 0 bridgehead atoms. The molecule has 0 aliphatic heterocycles. The molecule has 128 valence electrons. The van der Waals surface area contributed by atoms with Crippen LogP contribution in [-0.2, 0) is 0 Å². The molecule has 1 heterocycles. The first kappa shape index (κ1) is 16.6. The Morgan fingerprint density at radius 2 is 2.00 bits per heavy atom. The Morgan fingerprint density at radius 1 is 1.24 bits per heavy atom. The first-order chi connectivity index (χ1) is 12.1. The summed E-state index contributed by atoms with van der Waals surface area (Å²) in [5, 5.41) is 6.91. The fourth-order valence-corrected chi connectivity index (χ4v) is 2.43. The Kier molecular flexibility index (Phi) is 4.74. The topological polar surface area (TPSA) is 69.0 Å². The second-order valence-electron chi connectivity index (χ2n) is 5.48. The predicted molar refractivity (Wildman–Crippen MR) is 90.2 cm³/mol. The molecule has 0 aliphatic rings. The molecule has 7 heteroatoms. The third-order valence-corrected chi connectivity index (χ3v) is 3.84. The molecule has 6 nitrogen and oxygen atoms in total. The van der Waals surface area contributed by atoms with Crippen molar-refractivity contribution < 1.29 is 13.9 Å². The van der Waals surface area contributed by atoms with Gasteiger partial charge in [-0.1, -0.05) is 12.1 Å². The van der Waals surface area contributed by atoms with E-state index in [9.17, 15) is 9.18 Å². The standard InChI is InChI=1S/C18H17FN4O2/c1-12(13-3-6-15(7-4-13)23-11-20-10-21-23)22-18(24)14-5-8-17(25-2)16(19)9-14/h3-12H,1-2H3,(H,22,24)/t12-/m1/s1. The summed E-state index contributed by atoms with van der Waals surface area (Å²) in [7, 11) is 1.38. The number of hydrogen-bond acceptors (Lipinski definition) is 4. The van der Waals surface area contributed by atoms with E-state index < -0.39 is 5.82 Å². The van der Waals surface area contributed by atoms with Gasteiger partial charge in [-0.05, 0) is 42.8 Å². The maximum Gasteiger partial charge on any atom is 0.251 e. The number of amides is 1. The van der Waals surface area contributed by atoms with Crippen molar-refractivity contribution in [1.29, 1.82) is 0 Å². The summed E-state index contributed by atoms with van der Waals surface area (Å²) in [6.07, 6.45) is 3.07. The van der Waals surface area contributed by atoms with Crippen molar-refractivity contribution >= 4 is 5.91 Å². The van der Waals surface area contributed by atoms with E-state index in [-0.39, 0.29) is 23.3 Å². The lowest BCUT2D eigenvalue weighted by molar-refractivity contribution is 0.0939. The summed E-state index contributed by atoms with van der Waals surface area (Å²) in [5.74, 6) is -0.817. The van der Waals surface area contributed by atoms with Gasteiger partial charge in [0.2, 0.25) is 0 Å². The largest absolute Gasteiger partial charge is 0.494 e. The number of ether oxygens (including phenoxy) is 1. The van der Waals surface area contributed by atoms with Gasteiger partial charge in [0, 0.05) is 5.56 Å². The number of methoxy groups -OCH3 is 1. The van der Waals surface area contributed by atoms with Crippen LogP contribution in [-0.4, -0.2) is 27.8 Å². The molecule has 1 N–H and O–H groups in total. The molecule has 1 atom stereocenters. The van der Waals surface area contributed by atoms with Gasteiger partial charge >= 0.3 is 0 Å². The van der Waals surface area contributed by atoms with Gasteiger partial charge in [-0.15, -0.1) is 0 Å². The number of rotatable bonds is 5. The minimum atomic E-state index is -0.569. The molecule has 0 saturated heterocycles. The maximum absolute atomic E-state index is 13.7. The monoisotopic (exact) mass is 340 g/mol. The Bertz CT molecular complexity index is 863. The molecular formula is C18H17FN4O2. The van der Waals surface area contributed by atoms with Crippen LogP contribution in [0.2, 0.25) is 0 Å². The lowest BCUT2D eigenvalue weighted by Crippen LogP contribution is -2.26. The van der Waals surface area contributed by atoms with E-state index in [1.165, 1.54) is 25.6 Å². The van der Waals surface area contributed by atoms with Gasteiger partial charge in [-0.25, -0.2) is 14.1 Å². The van der Waals surface area contributed by atoms with Crippen molar-refractivity contribution in [3.63, 3.8) is 0 Å². The highest BCUT2D eigenvalue weighted by molar-refractivity contribution is 5.94. The summed E-state index contributed by atoms with van der Waals surface area (Å²) >= 11 is 0. The lowest BCUT2D eigenvalue weighted by atomic mass is 10.1. The Morgan fingerprint density at radius 3 is 2.60 bits per heavy atom. The number of carbonyl (C=O) groups is 1. The molecule has 3 aromatic rings. The van der Waals surface area contributed by atoms with Gasteiger partial charge in [-0.2, -0.15) is 5.10 Å². The fourth-order valence-electron chi connectivity index (χ4n) is 2.43. The predicted octanol–water partition coefficient (Wildman–Crippen LogP) is 2.91. The number of halogens is 1. The normalized spacial score (nSPS) is 11.8. The Labute approximate surface area is 144 Å². The van der Waals surface area contributed by atoms with Crippen LogP contribution >= 0.6 is 0 Å². The zero-order valence-corrected chi connectivity index (χ0v) is 13.8. The van der Waals surface area contributed by atoms with E-state index in [4.69, 9.17) is 4.74 Å². The molecule has 1 amide bonds. The van der Waals surface area contributed by atoms with E-state index in [1.807, 2.05) is 31.2 Å². The average Bonchev–Trinajstić information content (AvgIpc) is 3.16. The number of hydrogen-bond donors (Lipinski definition) is 1. The Hall–Kier alpha value is -3.22. The molecule has 2 aromatic carbocycles. The van der Waals surface area contributed by atoms with Crippen LogP contribution in [0.25, 0.3) is 5.69 Å². The van der Waals surface area contributed by atoms with Crippen molar-refractivity contribution in [3.8, 4) is 11.4 Å². The number of carbonyl (C=O) groups excluding carboxylic acids is 1. The maximum atomic E-state index is 13.7.